The van der Waals surface area contributed by atoms with Crippen LogP contribution in [0.1, 0.15) is 0 Å². The summed E-state index contributed by atoms with van der Waals surface area (Å²) in [4.78, 5) is 16.2. The van der Waals surface area contributed by atoms with Gasteiger partial charge in [-0.2, -0.15) is 0 Å². The van der Waals surface area contributed by atoms with Gasteiger partial charge in [0.2, 0.25) is 0 Å². The van der Waals surface area contributed by atoms with Gasteiger partial charge in [0.05, 0.1) is 16.8 Å². The minimum absolute atomic E-state index is 0.214. The van der Waals surface area contributed by atoms with Crippen molar-refractivity contribution >= 4 is 50.0 Å². The standard InChI is InChI=1S/C15H10ClF2N3O2S/c1-23-10-6-5-7(16)13-12(10)20-15(24-13)21-14(22)19-11-8(17)3-2-4-9(11)18/h2-6H,1H3,(H2,19,20,21,22). The monoisotopic (exact) mass is 369 g/mol. The molecule has 124 valence electrons. The first-order chi connectivity index (χ1) is 11.5. The van der Waals surface area contributed by atoms with Gasteiger partial charge in [-0.1, -0.05) is 29.0 Å². The number of rotatable bonds is 3. The Morgan fingerprint density at radius 3 is 2.58 bits per heavy atom. The van der Waals surface area contributed by atoms with Crippen LogP contribution in [-0.4, -0.2) is 18.1 Å². The third-order valence-corrected chi connectivity index (χ3v) is 4.53. The summed E-state index contributed by atoms with van der Waals surface area (Å²) in [5.41, 5.74) is -0.0471. The van der Waals surface area contributed by atoms with Gasteiger partial charge in [-0.15, -0.1) is 0 Å². The van der Waals surface area contributed by atoms with Gasteiger partial charge in [0, 0.05) is 0 Å². The Kier molecular flexibility index (Phi) is 4.50. The number of halogens is 3. The predicted molar refractivity (Wildman–Crippen MR) is 90.2 cm³/mol. The fraction of sp³-hybridized carbons (Fsp3) is 0.0667. The van der Waals surface area contributed by atoms with E-state index in [0.717, 1.165) is 23.5 Å². The van der Waals surface area contributed by atoms with Crippen LogP contribution in [0, 0.1) is 11.6 Å². The van der Waals surface area contributed by atoms with Gasteiger partial charge in [0.1, 0.15) is 28.6 Å². The smallest absolute Gasteiger partial charge is 0.325 e. The SMILES string of the molecule is COc1ccc(Cl)c2sc(NC(=O)Nc3c(F)cccc3F)nc12. The number of fused-ring (bicyclic) bond motifs is 1. The van der Waals surface area contributed by atoms with Gasteiger partial charge in [0.15, 0.2) is 5.13 Å². The molecule has 5 nitrogen and oxygen atoms in total. The molecule has 1 aromatic heterocycles. The van der Waals surface area contributed by atoms with Gasteiger partial charge >= 0.3 is 6.03 Å². The first-order valence-electron chi connectivity index (χ1n) is 6.64. The van der Waals surface area contributed by atoms with E-state index >= 15 is 0 Å². The average molecular weight is 370 g/mol. The molecule has 1 heterocycles. The van der Waals surface area contributed by atoms with Crippen LogP contribution in [0.4, 0.5) is 24.4 Å². The zero-order valence-corrected chi connectivity index (χ0v) is 13.8. The van der Waals surface area contributed by atoms with Crippen LogP contribution < -0.4 is 15.4 Å². The fourth-order valence-corrected chi connectivity index (χ4v) is 3.18. The molecule has 2 amide bonds. The molecule has 0 saturated heterocycles. The molecule has 0 aliphatic carbocycles. The molecule has 0 saturated carbocycles. The van der Waals surface area contributed by atoms with E-state index in [-0.39, 0.29) is 5.13 Å². The van der Waals surface area contributed by atoms with Crippen molar-refractivity contribution < 1.29 is 18.3 Å². The summed E-state index contributed by atoms with van der Waals surface area (Å²) < 4.78 is 32.9. The molecule has 0 atom stereocenters. The number of aromatic nitrogens is 1. The van der Waals surface area contributed by atoms with Crippen LogP contribution in [0.25, 0.3) is 10.2 Å². The lowest BCUT2D eigenvalue weighted by Crippen LogP contribution is -2.20. The van der Waals surface area contributed by atoms with E-state index in [1.165, 1.54) is 13.2 Å². The lowest BCUT2D eigenvalue weighted by molar-refractivity contribution is 0.262. The summed E-state index contributed by atoms with van der Waals surface area (Å²) in [5, 5.41) is 5.21. The Morgan fingerprint density at radius 1 is 1.21 bits per heavy atom. The van der Waals surface area contributed by atoms with E-state index in [4.69, 9.17) is 16.3 Å². The molecule has 9 heteroatoms. The Labute approximate surface area is 144 Å². The number of benzene rings is 2. The molecular weight excluding hydrogens is 360 g/mol. The third kappa shape index (κ3) is 3.10. The van der Waals surface area contributed by atoms with Crippen molar-refractivity contribution in [2.45, 2.75) is 0 Å². The van der Waals surface area contributed by atoms with E-state index in [0.29, 0.717) is 21.0 Å². The van der Waals surface area contributed by atoms with Gasteiger partial charge in [-0.05, 0) is 24.3 Å². The van der Waals surface area contributed by atoms with Crippen molar-refractivity contribution in [2.24, 2.45) is 0 Å². The van der Waals surface area contributed by atoms with Gasteiger partial charge < -0.3 is 10.1 Å². The third-order valence-electron chi connectivity index (χ3n) is 3.10. The summed E-state index contributed by atoms with van der Waals surface area (Å²) in [7, 11) is 1.49. The number of hydrogen-bond donors (Lipinski definition) is 2. The van der Waals surface area contributed by atoms with Crippen LogP contribution in [0.3, 0.4) is 0 Å². The van der Waals surface area contributed by atoms with E-state index < -0.39 is 23.4 Å². The molecule has 24 heavy (non-hydrogen) atoms. The summed E-state index contributed by atoms with van der Waals surface area (Å²) in [6, 6.07) is 5.77. The molecular formula is C15H10ClF2N3O2S. The number of nitrogens with zero attached hydrogens (tertiary/aromatic N) is 1. The second-order valence-corrected chi connectivity index (χ2v) is 6.03. The fourth-order valence-electron chi connectivity index (χ4n) is 2.03. The number of anilines is 2. The van der Waals surface area contributed by atoms with Crippen LogP contribution >= 0.6 is 22.9 Å². The molecule has 0 radical (unpaired) electrons. The highest BCUT2D eigenvalue weighted by molar-refractivity contribution is 7.23. The minimum atomic E-state index is -0.876. The maximum atomic E-state index is 13.5. The van der Waals surface area contributed by atoms with Crippen LogP contribution in [0.5, 0.6) is 5.75 Å². The van der Waals surface area contributed by atoms with E-state index in [1.807, 2.05) is 0 Å². The number of carbonyl (C=O) groups excluding carboxylic acids is 1. The Bertz CT molecular complexity index is 912. The molecule has 0 spiro atoms. The van der Waals surface area contributed by atoms with Gasteiger partial charge in [0.25, 0.3) is 0 Å². The Morgan fingerprint density at radius 2 is 1.92 bits per heavy atom. The van der Waals surface area contributed by atoms with Crippen LogP contribution in [-0.2, 0) is 0 Å². The molecule has 0 aliphatic heterocycles. The van der Waals surface area contributed by atoms with Crippen molar-refractivity contribution in [3.8, 4) is 5.75 Å². The number of thiazole rings is 1. The number of carbonyl (C=O) groups is 1. The second-order valence-electron chi connectivity index (χ2n) is 4.62. The number of nitrogens with one attached hydrogen (secondary N) is 2. The number of hydrogen-bond acceptors (Lipinski definition) is 4. The van der Waals surface area contributed by atoms with Crippen molar-refractivity contribution in [2.75, 3.05) is 17.7 Å². The maximum Gasteiger partial charge on any atom is 0.325 e. The first kappa shape index (κ1) is 16.4. The molecule has 0 unspecified atom stereocenters. The summed E-state index contributed by atoms with van der Waals surface area (Å²) in [5.74, 6) is -1.25. The minimum Gasteiger partial charge on any atom is -0.494 e. The maximum absolute atomic E-state index is 13.5. The number of para-hydroxylation sites is 1. The first-order valence-corrected chi connectivity index (χ1v) is 7.84. The van der Waals surface area contributed by atoms with Crippen LogP contribution in [0.2, 0.25) is 5.02 Å². The molecule has 0 fully saturated rings. The highest BCUT2D eigenvalue weighted by Crippen LogP contribution is 2.37. The van der Waals surface area contributed by atoms with Crippen molar-refractivity contribution in [3.05, 3.63) is 47.0 Å². The van der Waals surface area contributed by atoms with Crippen molar-refractivity contribution in [3.63, 3.8) is 0 Å². The Balaban J connectivity index is 1.85. The molecule has 2 aromatic carbocycles. The number of amides is 2. The largest absolute Gasteiger partial charge is 0.494 e. The quantitative estimate of drug-likeness (QED) is 0.691. The molecule has 0 aliphatic rings. The average Bonchev–Trinajstić information content (AvgIpc) is 2.96. The highest BCUT2D eigenvalue weighted by Gasteiger charge is 2.16. The van der Waals surface area contributed by atoms with Gasteiger partial charge in [-0.25, -0.2) is 18.6 Å². The lowest BCUT2D eigenvalue weighted by atomic mass is 10.3. The molecule has 3 rings (SSSR count). The number of methoxy groups -OCH3 is 1. The zero-order valence-electron chi connectivity index (χ0n) is 12.2. The Hall–Kier alpha value is -2.45. The topological polar surface area (TPSA) is 63.2 Å². The zero-order chi connectivity index (χ0) is 17.3. The molecule has 0 bridgehead atoms. The van der Waals surface area contributed by atoms with Crippen LogP contribution in [0.15, 0.2) is 30.3 Å². The highest BCUT2D eigenvalue weighted by atomic mass is 35.5. The molecule has 3 aromatic rings. The second kappa shape index (κ2) is 6.58. The summed E-state index contributed by atoms with van der Waals surface area (Å²) in [6.07, 6.45) is 0. The van der Waals surface area contributed by atoms with Gasteiger partial charge in [-0.3, -0.25) is 5.32 Å². The van der Waals surface area contributed by atoms with E-state index in [2.05, 4.69) is 15.6 Å². The number of ether oxygens (including phenoxy) is 1. The number of urea groups is 1. The van der Waals surface area contributed by atoms with E-state index in [9.17, 15) is 13.6 Å². The van der Waals surface area contributed by atoms with Crippen molar-refractivity contribution in [1.82, 2.24) is 4.98 Å². The normalized spacial score (nSPS) is 10.7. The van der Waals surface area contributed by atoms with E-state index in [1.54, 1.807) is 12.1 Å². The molecule has 2 N–H and O–H groups in total. The summed E-state index contributed by atoms with van der Waals surface area (Å²) in [6.45, 7) is 0. The van der Waals surface area contributed by atoms with Crippen molar-refractivity contribution in [1.29, 1.82) is 0 Å². The lowest BCUT2D eigenvalue weighted by Gasteiger charge is -2.07. The summed E-state index contributed by atoms with van der Waals surface area (Å²) >= 11 is 7.21. The predicted octanol–water partition coefficient (Wildman–Crippen LogP) is 4.88.